The van der Waals surface area contributed by atoms with Crippen LogP contribution in [0.15, 0.2) is 55.2 Å². The second-order valence-electron chi connectivity index (χ2n) is 9.32. The van der Waals surface area contributed by atoms with Gasteiger partial charge in [-0.25, -0.2) is 9.97 Å². The molecular formula is C26H23F3N8O4. The second kappa shape index (κ2) is 10.2. The van der Waals surface area contributed by atoms with Crippen molar-refractivity contribution in [3.8, 4) is 28.6 Å². The number of aromatic nitrogens is 7. The van der Waals surface area contributed by atoms with Crippen molar-refractivity contribution in [3.05, 3.63) is 72.2 Å². The Bertz CT molecular complexity index is 1740. The number of carbonyl (C=O) groups is 1. The minimum atomic E-state index is -4.72. The van der Waals surface area contributed by atoms with E-state index in [2.05, 4.69) is 20.2 Å². The molecule has 0 saturated carbocycles. The predicted molar refractivity (Wildman–Crippen MR) is 136 cm³/mol. The van der Waals surface area contributed by atoms with E-state index in [9.17, 15) is 23.1 Å². The molecule has 41 heavy (non-hydrogen) atoms. The molecule has 1 aromatic carbocycles. The van der Waals surface area contributed by atoms with Crippen LogP contribution in [-0.4, -0.2) is 76.1 Å². The number of aromatic hydroxyl groups is 1. The molecule has 6 rings (SSSR count). The summed E-state index contributed by atoms with van der Waals surface area (Å²) in [5, 5.41) is 18.5. The lowest BCUT2D eigenvalue weighted by Gasteiger charge is -2.27. The van der Waals surface area contributed by atoms with E-state index in [0.717, 1.165) is 0 Å². The average molecular weight is 569 g/mol. The van der Waals surface area contributed by atoms with Gasteiger partial charge < -0.3 is 19.5 Å². The zero-order valence-electron chi connectivity index (χ0n) is 21.6. The number of morpholine rings is 1. The third kappa shape index (κ3) is 5.18. The molecule has 1 N–H and O–H groups in total. The lowest BCUT2D eigenvalue weighted by molar-refractivity contribution is -0.141. The van der Waals surface area contributed by atoms with Gasteiger partial charge in [0.1, 0.15) is 11.5 Å². The first-order valence-electron chi connectivity index (χ1n) is 12.5. The molecule has 4 aromatic heterocycles. The molecule has 0 atom stereocenters. The lowest BCUT2D eigenvalue weighted by atomic mass is 10.1. The molecule has 15 heteroatoms. The molecule has 212 valence electrons. The number of aryl methyl sites for hydroxylation is 1. The lowest BCUT2D eigenvalue weighted by Crippen LogP contribution is -2.40. The quantitative estimate of drug-likeness (QED) is 0.331. The van der Waals surface area contributed by atoms with Gasteiger partial charge in [0.15, 0.2) is 5.69 Å². The zero-order valence-corrected chi connectivity index (χ0v) is 21.6. The number of carbonyl (C=O) groups excluding carboxylic acids is 1. The van der Waals surface area contributed by atoms with E-state index in [4.69, 9.17) is 9.47 Å². The van der Waals surface area contributed by atoms with Crippen molar-refractivity contribution in [1.82, 2.24) is 38.8 Å². The maximum absolute atomic E-state index is 14.0. The molecule has 0 bridgehead atoms. The summed E-state index contributed by atoms with van der Waals surface area (Å²) in [5.41, 5.74) is -0.325. The highest BCUT2D eigenvalue weighted by atomic mass is 19.4. The Balaban J connectivity index is 1.30. The van der Waals surface area contributed by atoms with Crippen molar-refractivity contribution in [2.45, 2.75) is 12.7 Å². The SMILES string of the molecule is Cn1ccc(Cn2cc(-c3cnc4c(Oc5ccc(C(=O)N6CCOCC6)c(O)c5)nccn34)c(C(F)(F)F)n2)n1. The van der Waals surface area contributed by atoms with Crippen molar-refractivity contribution in [3.63, 3.8) is 0 Å². The van der Waals surface area contributed by atoms with E-state index in [0.29, 0.717) is 32.0 Å². The fourth-order valence-electron chi connectivity index (χ4n) is 4.58. The zero-order chi connectivity index (χ0) is 28.7. The molecule has 1 aliphatic heterocycles. The second-order valence-corrected chi connectivity index (χ2v) is 9.32. The summed E-state index contributed by atoms with van der Waals surface area (Å²) in [7, 11) is 1.71. The Morgan fingerprint density at radius 1 is 1.12 bits per heavy atom. The van der Waals surface area contributed by atoms with Crippen LogP contribution in [0.25, 0.3) is 16.9 Å². The van der Waals surface area contributed by atoms with Crippen LogP contribution in [0.1, 0.15) is 21.7 Å². The van der Waals surface area contributed by atoms with E-state index >= 15 is 0 Å². The van der Waals surface area contributed by atoms with Gasteiger partial charge in [-0.05, 0) is 18.2 Å². The summed E-state index contributed by atoms with van der Waals surface area (Å²) >= 11 is 0. The molecule has 0 unspecified atom stereocenters. The molecule has 5 aromatic rings. The summed E-state index contributed by atoms with van der Waals surface area (Å²) in [4.78, 5) is 22.8. The fourth-order valence-corrected chi connectivity index (χ4v) is 4.58. The topological polar surface area (TPSA) is 125 Å². The smallest absolute Gasteiger partial charge is 0.435 e. The standard InChI is InChI=1S/C26H23F3N8O4/c1-34-6-4-16(32-34)14-36-15-19(22(33-36)26(27,28)29)20-13-31-23-24(30-5-7-37(20)23)41-17-2-3-18(21(38)12-17)25(39)35-8-10-40-11-9-35/h2-7,12-13,15,38H,8-11,14H2,1H3. The first kappa shape index (κ1) is 26.3. The number of hydrogen-bond donors (Lipinski definition) is 1. The Hall–Kier alpha value is -4.92. The third-order valence-corrected chi connectivity index (χ3v) is 6.51. The average Bonchev–Trinajstić information content (AvgIpc) is 3.67. The Morgan fingerprint density at radius 2 is 1.93 bits per heavy atom. The first-order chi connectivity index (χ1) is 19.7. The van der Waals surface area contributed by atoms with Crippen molar-refractivity contribution in [2.24, 2.45) is 7.05 Å². The van der Waals surface area contributed by atoms with Crippen LogP contribution in [0.3, 0.4) is 0 Å². The highest BCUT2D eigenvalue weighted by molar-refractivity contribution is 5.97. The number of halogens is 3. The maximum Gasteiger partial charge on any atom is 0.435 e. The van der Waals surface area contributed by atoms with Crippen LogP contribution in [0, 0.1) is 0 Å². The van der Waals surface area contributed by atoms with Crippen molar-refractivity contribution < 1.29 is 32.5 Å². The monoisotopic (exact) mass is 568 g/mol. The molecule has 1 saturated heterocycles. The summed E-state index contributed by atoms with van der Waals surface area (Å²) in [5.74, 6) is -0.477. The molecule has 0 spiro atoms. The Kier molecular flexibility index (Phi) is 6.57. The predicted octanol–water partition coefficient (Wildman–Crippen LogP) is 3.36. The highest BCUT2D eigenvalue weighted by Gasteiger charge is 2.38. The van der Waals surface area contributed by atoms with E-state index in [1.54, 1.807) is 28.9 Å². The summed E-state index contributed by atoms with van der Waals surface area (Å²) in [6, 6.07) is 5.89. The summed E-state index contributed by atoms with van der Waals surface area (Å²) < 4.78 is 57.2. The van der Waals surface area contributed by atoms with Gasteiger partial charge in [0.25, 0.3) is 11.8 Å². The van der Waals surface area contributed by atoms with Crippen LogP contribution in [-0.2, 0) is 24.5 Å². The maximum atomic E-state index is 14.0. The number of phenolic OH excluding ortho intramolecular Hbond substituents is 1. The normalized spacial score (nSPS) is 14.1. The number of benzene rings is 1. The fraction of sp³-hybridized carbons (Fsp3) is 0.269. The highest BCUT2D eigenvalue weighted by Crippen LogP contribution is 2.37. The molecule has 0 radical (unpaired) electrons. The van der Waals surface area contributed by atoms with E-state index in [1.165, 1.54) is 52.1 Å². The third-order valence-electron chi connectivity index (χ3n) is 6.51. The van der Waals surface area contributed by atoms with Gasteiger partial charge in [0.2, 0.25) is 5.65 Å². The van der Waals surface area contributed by atoms with Crippen molar-refractivity contribution >= 4 is 11.6 Å². The number of phenols is 1. The Morgan fingerprint density at radius 3 is 2.63 bits per heavy atom. The van der Waals surface area contributed by atoms with E-state index in [1.807, 2.05) is 0 Å². The number of imidazole rings is 1. The van der Waals surface area contributed by atoms with Crippen LogP contribution < -0.4 is 4.74 Å². The molecule has 1 amide bonds. The molecule has 5 heterocycles. The molecule has 12 nitrogen and oxygen atoms in total. The first-order valence-corrected chi connectivity index (χ1v) is 12.5. The van der Waals surface area contributed by atoms with E-state index < -0.39 is 11.9 Å². The van der Waals surface area contributed by atoms with Crippen LogP contribution in [0.4, 0.5) is 13.2 Å². The minimum Gasteiger partial charge on any atom is -0.507 e. The summed E-state index contributed by atoms with van der Waals surface area (Å²) in [6.45, 7) is 1.73. The van der Waals surface area contributed by atoms with Crippen LogP contribution in [0.2, 0.25) is 0 Å². The number of fused-ring (bicyclic) bond motifs is 1. The van der Waals surface area contributed by atoms with Gasteiger partial charge in [0, 0.05) is 51.0 Å². The largest absolute Gasteiger partial charge is 0.507 e. The van der Waals surface area contributed by atoms with Gasteiger partial charge in [-0.3, -0.25) is 18.6 Å². The number of hydrogen-bond acceptors (Lipinski definition) is 8. The van der Waals surface area contributed by atoms with E-state index in [-0.39, 0.29) is 52.3 Å². The molecule has 1 aliphatic rings. The molecular weight excluding hydrogens is 545 g/mol. The number of nitrogens with zero attached hydrogens (tertiary/aromatic N) is 8. The van der Waals surface area contributed by atoms with Gasteiger partial charge in [0.05, 0.1) is 48.5 Å². The molecule has 0 aliphatic carbocycles. The van der Waals surface area contributed by atoms with Crippen LogP contribution in [0.5, 0.6) is 17.4 Å². The van der Waals surface area contributed by atoms with Gasteiger partial charge >= 0.3 is 6.18 Å². The number of rotatable bonds is 6. The van der Waals surface area contributed by atoms with Crippen LogP contribution >= 0.6 is 0 Å². The number of ether oxygens (including phenoxy) is 2. The Labute approximate surface area is 230 Å². The molecule has 1 fully saturated rings. The number of alkyl halides is 3. The van der Waals surface area contributed by atoms with Gasteiger partial charge in [-0.15, -0.1) is 0 Å². The number of amides is 1. The minimum absolute atomic E-state index is 0.0140. The van der Waals surface area contributed by atoms with Gasteiger partial charge in [-0.1, -0.05) is 0 Å². The van der Waals surface area contributed by atoms with Crippen molar-refractivity contribution in [1.29, 1.82) is 0 Å². The summed E-state index contributed by atoms with van der Waals surface area (Å²) in [6.07, 6.45) is 2.36. The van der Waals surface area contributed by atoms with Gasteiger partial charge in [-0.2, -0.15) is 23.4 Å². The van der Waals surface area contributed by atoms with Crippen molar-refractivity contribution in [2.75, 3.05) is 26.3 Å².